The van der Waals surface area contributed by atoms with Crippen molar-refractivity contribution in [3.8, 4) is 5.75 Å². The molecule has 1 saturated carbocycles. The second-order valence-electron chi connectivity index (χ2n) is 4.53. The molecule has 0 amide bonds. The van der Waals surface area contributed by atoms with Gasteiger partial charge in [0.05, 0.1) is 0 Å². The normalized spacial score (nSPS) is 28.9. The number of hydrogen-bond acceptors (Lipinski definition) is 2. The van der Waals surface area contributed by atoms with E-state index in [1.807, 2.05) is 13.8 Å². The molecule has 0 saturated heterocycles. The van der Waals surface area contributed by atoms with Crippen molar-refractivity contribution in [1.82, 2.24) is 0 Å². The lowest BCUT2D eigenvalue weighted by Crippen LogP contribution is -2.06. The summed E-state index contributed by atoms with van der Waals surface area (Å²) >= 11 is 0. The lowest BCUT2D eigenvalue weighted by molar-refractivity contribution is 0.467. The van der Waals surface area contributed by atoms with E-state index in [0.717, 1.165) is 6.07 Å². The van der Waals surface area contributed by atoms with Gasteiger partial charge in [-0.05, 0) is 17.0 Å². The van der Waals surface area contributed by atoms with Crippen LogP contribution in [0.2, 0.25) is 0 Å². The summed E-state index contributed by atoms with van der Waals surface area (Å²) in [6.07, 6.45) is 0. The van der Waals surface area contributed by atoms with Crippen molar-refractivity contribution >= 4 is 0 Å². The monoisotopic (exact) mass is 195 g/mol. The van der Waals surface area contributed by atoms with Crippen molar-refractivity contribution < 1.29 is 9.50 Å². The third kappa shape index (κ3) is 1.20. The fourth-order valence-electron chi connectivity index (χ4n) is 2.04. The minimum Gasteiger partial charge on any atom is -0.508 e. The zero-order valence-electron chi connectivity index (χ0n) is 8.29. The topological polar surface area (TPSA) is 46.2 Å². The summed E-state index contributed by atoms with van der Waals surface area (Å²) in [4.78, 5) is 0. The van der Waals surface area contributed by atoms with E-state index in [9.17, 15) is 4.39 Å². The van der Waals surface area contributed by atoms with Crippen LogP contribution in [0.25, 0.3) is 0 Å². The van der Waals surface area contributed by atoms with Crippen molar-refractivity contribution in [1.29, 1.82) is 0 Å². The summed E-state index contributed by atoms with van der Waals surface area (Å²) in [6.45, 7) is 4.04. The molecule has 2 nitrogen and oxygen atoms in total. The van der Waals surface area contributed by atoms with Gasteiger partial charge in [0.15, 0.2) is 0 Å². The van der Waals surface area contributed by atoms with Gasteiger partial charge in [-0.15, -0.1) is 0 Å². The molecule has 0 aliphatic heterocycles. The number of rotatable bonds is 1. The number of halogens is 1. The summed E-state index contributed by atoms with van der Waals surface area (Å²) in [5.41, 5.74) is 6.44. The van der Waals surface area contributed by atoms with Crippen molar-refractivity contribution in [2.45, 2.75) is 25.8 Å². The highest BCUT2D eigenvalue weighted by molar-refractivity contribution is 5.38. The molecule has 0 spiro atoms. The molecule has 1 aromatic rings. The number of hydrogen-bond donors (Lipinski definition) is 2. The molecule has 3 heteroatoms. The van der Waals surface area contributed by atoms with Crippen LogP contribution in [-0.2, 0) is 0 Å². The van der Waals surface area contributed by atoms with Crippen LogP contribution in [0, 0.1) is 11.2 Å². The molecular formula is C11H14FNO. The molecule has 2 atom stereocenters. The first-order valence-electron chi connectivity index (χ1n) is 4.68. The van der Waals surface area contributed by atoms with Crippen molar-refractivity contribution in [2.24, 2.45) is 11.1 Å². The van der Waals surface area contributed by atoms with Gasteiger partial charge in [-0.1, -0.05) is 19.9 Å². The molecule has 0 heterocycles. The van der Waals surface area contributed by atoms with Gasteiger partial charge in [0.1, 0.15) is 11.6 Å². The van der Waals surface area contributed by atoms with Crippen LogP contribution in [0.1, 0.15) is 25.3 Å². The summed E-state index contributed by atoms with van der Waals surface area (Å²) in [7, 11) is 0. The Labute approximate surface area is 82.5 Å². The molecule has 1 fully saturated rings. The molecule has 0 radical (unpaired) electrons. The number of phenols is 1. The fourth-order valence-corrected chi connectivity index (χ4v) is 2.04. The third-order valence-corrected chi connectivity index (χ3v) is 3.23. The standard InChI is InChI=1S/C11H14FNO/c1-11(2)9(10(11)13)7-4-3-6(14)5-8(7)12/h3-5,9-10,14H,13H2,1-2H3/t9-,10-/m1/s1. The Hall–Kier alpha value is -1.09. The molecule has 76 valence electrons. The summed E-state index contributed by atoms with van der Waals surface area (Å²) < 4.78 is 13.4. The van der Waals surface area contributed by atoms with Gasteiger partial charge in [-0.3, -0.25) is 0 Å². The average molecular weight is 195 g/mol. The molecule has 3 N–H and O–H groups in total. The maximum absolute atomic E-state index is 13.4. The predicted octanol–water partition coefficient (Wildman–Crippen LogP) is 1.98. The SMILES string of the molecule is CC1(C)[C@H](N)[C@H]1c1ccc(O)cc1F. The van der Waals surface area contributed by atoms with E-state index < -0.39 is 0 Å². The molecule has 0 bridgehead atoms. The highest BCUT2D eigenvalue weighted by atomic mass is 19.1. The average Bonchev–Trinajstić information content (AvgIpc) is 2.54. The second kappa shape index (κ2) is 2.70. The van der Waals surface area contributed by atoms with Gasteiger partial charge < -0.3 is 10.8 Å². The molecule has 1 aliphatic carbocycles. The number of nitrogens with two attached hydrogens (primary N) is 1. The lowest BCUT2D eigenvalue weighted by atomic mass is 10.0. The first-order chi connectivity index (χ1) is 6.44. The van der Waals surface area contributed by atoms with Crippen LogP contribution in [0.15, 0.2) is 18.2 Å². The molecular weight excluding hydrogens is 181 g/mol. The van der Waals surface area contributed by atoms with E-state index in [4.69, 9.17) is 10.8 Å². The van der Waals surface area contributed by atoms with Gasteiger partial charge in [0, 0.05) is 18.0 Å². The largest absolute Gasteiger partial charge is 0.508 e. The minimum absolute atomic E-state index is 0.0153. The first kappa shape index (κ1) is 9.46. The third-order valence-electron chi connectivity index (χ3n) is 3.23. The first-order valence-corrected chi connectivity index (χ1v) is 4.68. The Morgan fingerprint density at radius 2 is 2.00 bits per heavy atom. The van der Waals surface area contributed by atoms with E-state index in [1.54, 1.807) is 6.07 Å². The van der Waals surface area contributed by atoms with E-state index in [2.05, 4.69) is 0 Å². The van der Waals surface area contributed by atoms with Crippen molar-refractivity contribution in [2.75, 3.05) is 0 Å². The highest BCUT2D eigenvalue weighted by Gasteiger charge is 2.56. The predicted molar refractivity (Wildman–Crippen MR) is 52.6 cm³/mol. The zero-order valence-corrected chi connectivity index (χ0v) is 8.29. The van der Waals surface area contributed by atoms with Gasteiger partial charge >= 0.3 is 0 Å². The second-order valence-corrected chi connectivity index (χ2v) is 4.53. The Bertz CT molecular complexity index is 376. The van der Waals surface area contributed by atoms with E-state index >= 15 is 0 Å². The minimum atomic E-state index is -0.365. The lowest BCUT2D eigenvalue weighted by Gasteiger charge is -2.04. The van der Waals surface area contributed by atoms with Gasteiger partial charge in [-0.2, -0.15) is 0 Å². The van der Waals surface area contributed by atoms with Crippen LogP contribution in [0.3, 0.4) is 0 Å². The van der Waals surface area contributed by atoms with Crippen LogP contribution < -0.4 is 5.73 Å². The molecule has 1 aromatic carbocycles. The van der Waals surface area contributed by atoms with E-state index in [-0.39, 0.29) is 28.9 Å². The Morgan fingerprint density at radius 3 is 2.43 bits per heavy atom. The number of phenolic OH excluding ortho intramolecular Hbond substituents is 1. The quantitative estimate of drug-likeness (QED) is 0.719. The smallest absolute Gasteiger partial charge is 0.130 e. The van der Waals surface area contributed by atoms with E-state index in [1.165, 1.54) is 6.07 Å². The van der Waals surface area contributed by atoms with Crippen LogP contribution in [0.4, 0.5) is 4.39 Å². The fraction of sp³-hybridized carbons (Fsp3) is 0.455. The summed E-state index contributed by atoms with van der Waals surface area (Å²) in [5, 5.41) is 9.06. The molecule has 14 heavy (non-hydrogen) atoms. The number of benzene rings is 1. The number of aromatic hydroxyl groups is 1. The zero-order chi connectivity index (χ0) is 10.5. The maximum Gasteiger partial charge on any atom is 0.130 e. The van der Waals surface area contributed by atoms with Gasteiger partial charge in [0.25, 0.3) is 0 Å². The summed E-state index contributed by atoms with van der Waals surface area (Å²) in [5.74, 6) is -0.336. The van der Waals surface area contributed by atoms with Crippen LogP contribution >= 0.6 is 0 Å². The van der Waals surface area contributed by atoms with Crippen LogP contribution in [0.5, 0.6) is 5.75 Å². The molecule has 0 aromatic heterocycles. The molecule has 1 aliphatic rings. The van der Waals surface area contributed by atoms with Crippen molar-refractivity contribution in [3.05, 3.63) is 29.6 Å². The van der Waals surface area contributed by atoms with Crippen molar-refractivity contribution in [3.63, 3.8) is 0 Å². The van der Waals surface area contributed by atoms with Gasteiger partial charge in [0.2, 0.25) is 0 Å². The Kier molecular flexibility index (Phi) is 1.83. The molecule has 2 rings (SSSR count). The highest BCUT2D eigenvalue weighted by Crippen LogP contribution is 2.57. The Morgan fingerprint density at radius 1 is 1.43 bits per heavy atom. The molecule has 0 unspecified atom stereocenters. The van der Waals surface area contributed by atoms with Crippen LogP contribution in [-0.4, -0.2) is 11.1 Å². The van der Waals surface area contributed by atoms with E-state index in [0.29, 0.717) is 5.56 Å². The Balaban J connectivity index is 2.36. The van der Waals surface area contributed by atoms with Gasteiger partial charge in [-0.25, -0.2) is 4.39 Å². The summed E-state index contributed by atoms with van der Waals surface area (Å²) in [6, 6.07) is 4.27. The maximum atomic E-state index is 13.4.